The highest BCUT2D eigenvalue weighted by atomic mass is 32.1. The molecular formula is C17H29N3O2S. The molecule has 0 unspecified atom stereocenters. The van der Waals surface area contributed by atoms with E-state index < -0.39 is 0 Å². The van der Waals surface area contributed by atoms with Crippen LogP contribution < -0.4 is 10.6 Å². The average molecular weight is 340 g/mol. The topological polar surface area (TPSA) is 74.2 Å². The van der Waals surface area contributed by atoms with E-state index in [9.17, 15) is 4.79 Å². The van der Waals surface area contributed by atoms with Crippen LogP contribution in [0.2, 0.25) is 0 Å². The van der Waals surface area contributed by atoms with Crippen molar-refractivity contribution < 1.29 is 9.90 Å². The zero-order valence-corrected chi connectivity index (χ0v) is 15.2. The van der Waals surface area contributed by atoms with Crippen LogP contribution in [0.3, 0.4) is 0 Å². The maximum absolute atomic E-state index is 11.9. The van der Waals surface area contributed by atoms with Crippen molar-refractivity contribution in [1.29, 1.82) is 0 Å². The third-order valence-corrected chi connectivity index (χ3v) is 5.62. The van der Waals surface area contributed by atoms with Crippen molar-refractivity contribution in [2.24, 2.45) is 5.92 Å². The molecule has 130 valence electrons. The summed E-state index contributed by atoms with van der Waals surface area (Å²) >= 11 is 1.69. The van der Waals surface area contributed by atoms with Crippen LogP contribution in [0.1, 0.15) is 57.2 Å². The van der Waals surface area contributed by atoms with Gasteiger partial charge in [-0.1, -0.05) is 20.8 Å². The van der Waals surface area contributed by atoms with E-state index in [2.05, 4.69) is 41.8 Å². The lowest BCUT2D eigenvalue weighted by Gasteiger charge is -2.27. The van der Waals surface area contributed by atoms with Crippen LogP contribution in [0.4, 0.5) is 4.79 Å². The zero-order valence-electron chi connectivity index (χ0n) is 14.4. The van der Waals surface area contributed by atoms with E-state index in [1.165, 1.54) is 0 Å². The predicted molar refractivity (Wildman–Crippen MR) is 93.9 cm³/mol. The number of aliphatic hydroxyl groups excluding tert-OH is 1. The Bertz CT molecular complexity index is 502. The van der Waals surface area contributed by atoms with Gasteiger partial charge in [-0.3, -0.25) is 0 Å². The van der Waals surface area contributed by atoms with Crippen molar-refractivity contribution in [2.75, 3.05) is 13.2 Å². The molecule has 1 aliphatic carbocycles. The van der Waals surface area contributed by atoms with Crippen LogP contribution >= 0.6 is 11.3 Å². The molecule has 1 aromatic rings. The van der Waals surface area contributed by atoms with Crippen molar-refractivity contribution in [3.05, 3.63) is 16.1 Å². The lowest BCUT2D eigenvalue weighted by molar-refractivity contribution is 0.174. The quantitative estimate of drug-likeness (QED) is 0.772. The Morgan fingerprint density at radius 2 is 2.04 bits per heavy atom. The standard InChI is InChI=1S/C17H29N3O2S/c1-17(2,3)15-19-14(11-23-15)8-9-18-16(22)20-13-6-4-12(10-21)5-7-13/h11-13,21H,4-10H2,1-3H3,(H2,18,20,22). The van der Waals surface area contributed by atoms with Crippen molar-refractivity contribution >= 4 is 17.4 Å². The predicted octanol–water partition coefficient (Wildman–Crippen LogP) is 2.83. The van der Waals surface area contributed by atoms with Gasteiger partial charge in [-0.25, -0.2) is 9.78 Å². The summed E-state index contributed by atoms with van der Waals surface area (Å²) < 4.78 is 0. The molecule has 0 bridgehead atoms. The van der Waals surface area contributed by atoms with Crippen LogP contribution in [-0.2, 0) is 11.8 Å². The molecule has 0 aliphatic heterocycles. The number of rotatable bonds is 5. The fourth-order valence-electron chi connectivity index (χ4n) is 2.80. The van der Waals surface area contributed by atoms with Gasteiger partial charge in [0.1, 0.15) is 0 Å². The van der Waals surface area contributed by atoms with Gasteiger partial charge in [0.25, 0.3) is 0 Å². The Balaban J connectivity index is 1.66. The third-order valence-electron chi connectivity index (χ3n) is 4.30. The van der Waals surface area contributed by atoms with Crippen LogP contribution in [0, 0.1) is 5.92 Å². The lowest BCUT2D eigenvalue weighted by atomic mass is 9.87. The minimum atomic E-state index is -0.0938. The van der Waals surface area contributed by atoms with Gasteiger partial charge in [-0.15, -0.1) is 11.3 Å². The van der Waals surface area contributed by atoms with E-state index in [4.69, 9.17) is 5.11 Å². The van der Waals surface area contributed by atoms with E-state index in [0.29, 0.717) is 12.5 Å². The largest absolute Gasteiger partial charge is 0.396 e. The summed E-state index contributed by atoms with van der Waals surface area (Å²) in [6.45, 7) is 7.35. The summed E-state index contributed by atoms with van der Waals surface area (Å²) in [6.07, 6.45) is 4.67. The molecule has 23 heavy (non-hydrogen) atoms. The molecule has 1 heterocycles. The number of carbonyl (C=O) groups excluding carboxylic acids is 1. The molecule has 3 N–H and O–H groups in total. The van der Waals surface area contributed by atoms with E-state index in [-0.39, 0.29) is 24.1 Å². The SMILES string of the molecule is CC(C)(C)c1nc(CCNC(=O)NC2CCC(CO)CC2)cs1. The lowest BCUT2D eigenvalue weighted by Crippen LogP contribution is -2.44. The van der Waals surface area contributed by atoms with E-state index in [1.54, 1.807) is 11.3 Å². The first kappa shape index (κ1) is 18.2. The molecule has 0 spiro atoms. The minimum Gasteiger partial charge on any atom is -0.396 e. The van der Waals surface area contributed by atoms with Gasteiger partial charge in [-0.05, 0) is 31.6 Å². The second-order valence-electron chi connectivity index (χ2n) is 7.44. The average Bonchev–Trinajstić information content (AvgIpc) is 2.97. The fourth-order valence-corrected chi connectivity index (χ4v) is 3.74. The first-order valence-electron chi connectivity index (χ1n) is 8.48. The Hall–Kier alpha value is -1.14. The number of hydrogen-bond acceptors (Lipinski definition) is 4. The van der Waals surface area contributed by atoms with E-state index in [1.807, 2.05) is 0 Å². The Morgan fingerprint density at radius 3 is 2.61 bits per heavy atom. The Kier molecular flexibility index (Phi) is 6.41. The smallest absolute Gasteiger partial charge is 0.315 e. The Labute approximate surface area is 142 Å². The molecule has 5 nitrogen and oxygen atoms in total. The minimum absolute atomic E-state index is 0.0845. The molecule has 0 aromatic carbocycles. The van der Waals surface area contributed by atoms with Gasteiger partial charge in [0, 0.05) is 36.4 Å². The second-order valence-corrected chi connectivity index (χ2v) is 8.30. The normalized spacial score (nSPS) is 21.9. The molecule has 2 amide bonds. The number of thiazole rings is 1. The van der Waals surface area contributed by atoms with Crippen LogP contribution in [0.5, 0.6) is 0 Å². The molecule has 1 aromatic heterocycles. The zero-order chi connectivity index (χ0) is 16.9. The molecule has 0 saturated heterocycles. The highest BCUT2D eigenvalue weighted by Crippen LogP contribution is 2.25. The van der Waals surface area contributed by atoms with Crippen molar-refractivity contribution in [2.45, 2.75) is 64.3 Å². The van der Waals surface area contributed by atoms with E-state index >= 15 is 0 Å². The summed E-state index contributed by atoms with van der Waals surface area (Å²) in [5.74, 6) is 0.415. The molecule has 2 rings (SSSR count). The van der Waals surface area contributed by atoms with Crippen molar-refractivity contribution in [3.63, 3.8) is 0 Å². The highest BCUT2D eigenvalue weighted by Gasteiger charge is 2.22. The van der Waals surface area contributed by atoms with Gasteiger partial charge in [0.2, 0.25) is 0 Å². The molecule has 1 aliphatic rings. The first-order valence-corrected chi connectivity index (χ1v) is 9.36. The van der Waals surface area contributed by atoms with Crippen LogP contribution in [-0.4, -0.2) is 35.3 Å². The number of carbonyl (C=O) groups is 1. The maximum Gasteiger partial charge on any atom is 0.315 e. The number of nitrogens with one attached hydrogen (secondary N) is 2. The molecular weight excluding hydrogens is 310 g/mol. The molecule has 6 heteroatoms. The number of hydrogen-bond donors (Lipinski definition) is 3. The summed E-state index contributed by atoms with van der Waals surface area (Å²) in [7, 11) is 0. The van der Waals surface area contributed by atoms with E-state index in [0.717, 1.165) is 42.8 Å². The number of aliphatic hydroxyl groups is 1. The second kappa shape index (κ2) is 8.11. The Morgan fingerprint density at radius 1 is 1.35 bits per heavy atom. The van der Waals surface area contributed by atoms with Gasteiger partial charge < -0.3 is 15.7 Å². The maximum atomic E-state index is 11.9. The number of urea groups is 1. The van der Waals surface area contributed by atoms with Crippen molar-refractivity contribution in [1.82, 2.24) is 15.6 Å². The molecule has 0 atom stereocenters. The monoisotopic (exact) mass is 339 g/mol. The molecule has 0 radical (unpaired) electrons. The number of nitrogens with zero attached hydrogens (tertiary/aromatic N) is 1. The third kappa shape index (κ3) is 5.77. The summed E-state index contributed by atoms with van der Waals surface area (Å²) in [5.41, 5.74) is 1.13. The molecule has 1 saturated carbocycles. The first-order chi connectivity index (χ1) is 10.9. The number of aromatic nitrogens is 1. The van der Waals surface area contributed by atoms with Gasteiger partial charge >= 0.3 is 6.03 Å². The van der Waals surface area contributed by atoms with Gasteiger partial charge in [0.05, 0.1) is 10.7 Å². The van der Waals surface area contributed by atoms with Gasteiger partial charge in [0.15, 0.2) is 0 Å². The molecule has 1 fully saturated rings. The number of amides is 2. The van der Waals surface area contributed by atoms with Crippen molar-refractivity contribution in [3.8, 4) is 0 Å². The summed E-state index contributed by atoms with van der Waals surface area (Å²) in [6, 6.07) is 0.147. The van der Waals surface area contributed by atoms with Crippen LogP contribution in [0.25, 0.3) is 0 Å². The highest BCUT2D eigenvalue weighted by molar-refractivity contribution is 7.09. The van der Waals surface area contributed by atoms with Gasteiger partial charge in [-0.2, -0.15) is 0 Å². The summed E-state index contributed by atoms with van der Waals surface area (Å²) in [4.78, 5) is 16.6. The fraction of sp³-hybridized carbons (Fsp3) is 0.765. The summed E-state index contributed by atoms with van der Waals surface area (Å²) in [5, 5.41) is 18.3. The van der Waals surface area contributed by atoms with Crippen LogP contribution in [0.15, 0.2) is 5.38 Å².